The summed E-state index contributed by atoms with van der Waals surface area (Å²) in [5, 5.41) is 1.26. The molecule has 0 N–H and O–H groups in total. The molecule has 3 nitrogen and oxygen atoms in total. The smallest absolute Gasteiger partial charge is 0.297 e. The van der Waals surface area contributed by atoms with E-state index >= 15 is 0 Å². The Labute approximate surface area is 446 Å². The van der Waals surface area contributed by atoms with Crippen LogP contribution in [0.2, 0.25) is 0 Å². The van der Waals surface area contributed by atoms with Crippen molar-refractivity contribution in [3.8, 4) is 0 Å². The van der Waals surface area contributed by atoms with Gasteiger partial charge in [-0.25, -0.2) is 0 Å². The van der Waals surface area contributed by atoms with Gasteiger partial charge in [0, 0.05) is 33.8 Å². The van der Waals surface area contributed by atoms with E-state index in [9.17, 15) is 0 Å². The first-order valence-corrected chi connectivity index (χ1v) is 29.5. The zero-order chi connectivity index (χ0) is 52.2. The summed E-state index contributed by atoms with van der Waals surface area (Å²) in [6.07, 6.45) is 15.9. The van der Waals surface area contributed by atoms with E-state index in [0.29, 0.717) is 5.92 Å². The molecule has 2 aliphatic heterocycles. The number of furan rings is 1. The van der Waals surface area contributed by atoms with Crippen LogP contribution in [0.1, 0.15) is 250 Å². The second-order valence-corrected chi connectivity index (χ2v) is 30.6. The maximum absolute atomic E-state index is 7.85. The first-order valence-electron chi connectivity index (χ1n) is 29.5. The SMILES string of the molecule is CC1(C)CCC(C)(C)c2cc(N3c4cc5c(cc4B4c6oc7cc8c(cc7c6N(c6ccc7c(c6)C(C)(C)CCC7(C)C)c6cc(C7CCCCC7)cc3c64)C(C)(C)CCC8(C)C)C(C)(C)CCC5(C)C)ccc21. The Morgan fingerprint density at radius 2 is 0.811 bits per heavy atom. The summed E-state index contributed by atoms with van der Waals surface area (Å²) in [6, 6.07) is 31.3. The van der Waals surface area contributed by atoms with Crippen molar-refractivity contribution >= 4 is 68.4 Å². The Hall–Kier alpha value is -4.70. The van der Waals surface area contributed by atoms with Crippen molar-refractivity contribution < 1.29 is 4.42 Å². The summed E-state index contributed by atoms with van der Waals surface area (Å²) in [4.78, 5) is 5.53. The topological polar surface area (TPSA) is 19.6 Å². The molecule has 4 heteroatoms. The first kappa shape index (κ1) is 48.9. The van der Waals surface area contributed by atoms with Crippen LogP contribution in [0.25, 0.3) is 11.0 Å². The van der Waals surface area contributed by atoms with Gasteiger partial charge in [0.1, 0.15) is 5.58 Å². The number of benzene rings is 5. The van der Waals surface area contributed by atoms with Crippen LogP contribution in [0.3, 0.4) is 0 Å². The largest absolute Gasteiger partial charge is 0.468 e. The number of fused-ring (bicyclic) bond motifs is 10. The third-order valence-electron chi connectivity index (χ3n) is 21.9. The van der Waals surface area contributed by atoms with Crippen LogP contribution >= 0.6 is 0 Å². The Morgan fingerprint density at radius 1 is 0.405 bits per heavy atom. The van der Waals surface area contributed by atoms with Gasteiger partial charge in [-0.2, -0.15) is 0 Å². The van der Waals surface area contributed by atoms with Crippen LogP contribution in [0.5, 0.6) is 0 Å². The molecule has 5 aromatic carbocycles. The third kappa shape index (κ3) is 7.02. The molecule has 1 fully saturated rings. The predicted octanol–water partition coefficient (Wildman–Crippen LogP) is 18.0. The van der Waals surface area contributed by atoms with Gasteiger partial charge in [-0.3, -0.25) is 0 Å². The molecule has 0 amide bonds. The van der Waals surface area contributed by atoms with E-state index in [1.54, 1.807) is 0 Å². The van der Waals surface area contributed by atoms with E-state index in [-0.39, 0.29) is 50.0 Å². The summed E-state index contributed by atoms with van der Waals surface area (Å²) in [5.41, 5.74) is 26.9. The highest BCUT2D eigenvalue weighted by atomic mass is 16.3. The van der Waals surface area contributed by atoms with E-state index in [1.807, 2.05) is 0 Å². The molecule has 5 aliphatic carbocycles. The Balaban J connectivity index is 1.18. The van der Waals surface area contributed by atoms with E-state index in [2.05, 4.69) is 193 Å². The van der Waals surface area contributed by atoms with E-state index in [0.717, 1.165) is 11.2 Å². The van der Waals surface area contributed by atoms with Gasteiger partial charge >= 0.3 is 0 Å². The second-order valence-electron chi connectivity index (χ2n) is 30.6. The summed E-state index contributed by atoms with van der Waals surface area (Å²) < 4.78 is 7.85. The fraction of sp³-hybridized carbons (Fsp3) is 0.543. The fourth-order valence-corrected chi connectivity index (χ4v) is 16.3. The molecular weight excluding hydrogens is 896 g/mol. The normalized spacial score (nSPS) is 23.7. The molecule has 0 unspecified atom stereocenters. The zero-order valence-electron chi connectivity index (χ0n) is 48.6. The molecule has 0 radical (unpaired) electrons. The zero-order valence-corrected chi connectivity index (χ0v) is 48.6. The molecule has 7 aliphatic rings. The minimum Gasteiger partial charge on any atom is -0.468 e. The van der Waals surface area contributed by atoms with Gasteiger partial charge in [0.05, 0.1) is 11.3 Å². The van der Waals surface area contributed by atoms with Crippen molar-refractivity contribution in [2.75, 3.05) is 9.80 Å². The Morgan fingerprint density at radius 3 is 1.31 bits per heavy atom. The van der Waals surface area contributed by atoms with Gasteiger partial charge in [-0.1, -0.05) is 148 Å². The summed E-state index contributed by atoms with van der Waals surface area (Å²) in [5.74, 6) is 0.515. The standard InChI is InChI=1S/C70H87BN2O/c1-63(2)26-28-65(5,6)49-36-44(22-24-47(49)63)72-56-40-53-52(68(11,12)31-32-69(53,13)14)39-55(56)71-60-57(72)34-43(42-20-18-17-19-21-42)35-58(60)73(45-23-25-48-50(37-45)66(7,8)29-27-64(48,3)4)61-46-38-51-54(41-59(46)74-62(61)71)70(15,16)33-30-67(51,9)10/h22-25,34-42H,17-21,26-33H2,1-16H3. The summed E-state index contributed by atoms with van der Waals surface area (Å²) in [6.45, 7) is 39.8. The lowest BCUT2D eigenvalue weighted by Crippen LogP contribution is -2.61. The molecule has 6 aromatic rings. The third-order valence-corrected chi connectivity index (χ3v) is 21.9. The van der Waals surface area contributed by atoms with Crippen molar-refractivity contribution in [3.05, 3.63) is 123 Å². The van der Waals surface area contributed by atoms with Crippen molar-refractivity contribution in [1.82, 2.24) is 0 Å². The number of anilines is 6. The predicted molar refractivity (Wildman–Crippen MR) is 317 cm³/mol. The van der Waals surface area contributed by atoms with Gasteiger partial charge in [0.15, 0.2) is 0 Å². The highest BCUT2D eigenvalue weighted by Gasteiger charge is 2.51. The Bertz CT molecular complexity index is 3360. The van der Waals surface area contributed by atoms with Crippen LogP contribution in [-0.2, 0) is 43.3 Å². The molecule has 74 heavy (non-hydrogen) atoms. The van der Waals surface area contributed by atoms with Crippen LogP contribution < -0.4 is 26.4 Å². The minimum absolute atomic E-state index is 0.0391. The molecule has 1 aromatic heterocycles. The van der Waals surface area contributed by atoms with E-state index in [1.165, 1.54) is 184 Å². The van der Waals surface area contributed by atoms with Crippen LogP contribution in [0.4, 0.5) is 34.1 Å². The lowest BCUT2D eigenvalue weighted by Gasteiger charge is -2.47. The molecule has 0 spiro atoms. The average Bonchev–Trinajstić information content (AvgIpc) is 3.72. The van der Waals surface area contributed by atoms with Gasteiger partial charge in [-0.05, 0) is 229 Å². The van der Waals surface area contributed by atoms with Gasteiger partial charge < -0.3 is 14.2 Å². The maximum atomic E-state index is 7.85. The van der Waals surface area contributed by atoms with E-state index < -0.39 is 0 Å². The molecule has 3 heterocycles. The van der Waals surface area contributed by atoms with Crippen molar-refractivity contribution in [2.24, 2.45) is 0 Å². The van der Waals surface area contributed by atoms with Gasteiger partial charge in [-0.15, -0.1) is 0 Å². The Kier molecular flexibility index (Phi) is 10.2. The van der Waals surface area contributed by atoms with Crippen LogP contribution in [0, 0.1) is 0 Å². The lowest BCUT2D eigenvalue weighted by atomic mass is 9.35. The lowest BCUT2D eigenvalue weighted by molar-refractivity contribution is 0.332. The quantitative estimate of drug-likeness (QED) is 0.165. The molecule has 1 saturated carbocycles. The maximum Gasteiger partial charge on any atom is 0.297 e. The molecule has 386 valence electrons. The van der Waals surface area contributed by atoms with Crippen molar-refractivity contribution in [2.45, 2.75) is 243 Å². The van der Waals surface area contributed by atoms with Crippen molar-refractivity contribution in [1.29, 1.82) is 0 Å². The highest BCUT2D eigenvalue weighted by molar-refractivity contribution is 7.00. The number of nitrogens with zero attached hydrogens (tertiary/aromatic N) is 2. The monoisotopic (exact) mass is 983 g/mol. The molecule has 0 bridgehead atoms. The highest BCUT2D eigenvalue weighted by Crippen LogP contribution is 2.57. The van der Waals surface area contributed by atoms with E-state index in [4.69, 9.17) is 4.42 Å². The summed E-state index contributed by atoms with van der Waals surface area (Å²) >= 11 is 0. The average molecular weight is 983 g/mol. The molecule has 0 atom stereocenters. The fourth-order valence-electron chi connectivity index (χ4n) is 16.3. The number of rotatable bonds is 3. The van der Waals surface area contributed by atoms with Gasteiger partial charge in [0.25, 0.3) is 6.71 Å². The van der Waals surface area contributed by atoms with Crippen LogP contribution in [-0.4, -0.2) is 6.71 Å². The molecule has 13 rings (SSSR count). The minimum atomic E-state index is -0.0875. The first-order chi connectivity index (χ1) is 34.6. The summed E-state index contributed by atoms with van der Waals surface area (Å²) in [7, 11) is 0. The van der Waals surface area contributed by atoms with Crippen molar-refractivity contribution in [3.63, 3.8) is 0 Å². The van der Waals surface area contributed by atoms with Gasteiger partial charge in [0.2, 0.25) is 0 Å². The second kappa shape index (κ2) is 15.5. The number of hydrogen-bond donors (Lipinski definition) is 0. The number of hydrogen-bond acceptors (Lipinski definition) is 3. The van der Waals surface area contributed by atoms with Crippen LogP contribution in [0.15, 0.2) is 77.2 Å². The molecule has 0 saturated heterocycles. The molecular formula is C70H87BN2O.